The van der Waals surface area contributed by atoms with Crippen molar-refractivity contribution in [2.45, 2.75) is 76.9 Å². The molecule has 2 aromatic carbocycles. The number of nitrogens with one attached hydrogen (secondary N) is 1. The van der Waals surface area contributed by atoms with Gasteiger partial charge in [0.05, 0.1) is 12.2 Å². The lowest BCUT2D eigenvalue weighted by atomic mass is 9.84. The molecule has 4 N–H and O–H groups in total. The second-order valence-corrected chi connectivity index (χ2v) is 10.6. The third-order valence-corrected chi connectivity index (χ3v) is 7.18. The van der Waals surface area contributed by atoms with Gasteiger partial charge in [0.25, 0.3) is 0 Å². The molecular weight excluding hydrogens is 530 g/mol. The number of fused-ring (bicyclic) bond motifs is 2. The Bertz CT molecular complexity index is 1320. The van der Waals surface area contributed by atoms with Crippen LogP contribution in [0.5, 0.6) is 23.0 Å². The number of amides is 1. The Labute approximate surface area is 238 Å². The second-order valence-electron chi connectivity index (χ2n) is 10.6. The zero-order valence-electron chi connectivity index (χ0n) is 23.4. The molecule has 220 valence electrons. The molecule has 0 radical (unpaired) electrons. The molecule has 2 aromatic rings. The number of carbonyl (C=O) groups is 3. The smallest absolute Gasteiger partial charge is 0.342 e. The molecule has 1 amide bonds. The highest BCUT2D eigenvalue weighted by atomic mass is 16.7. The van der Waals surface area contributed by atoms with Crippen molar-refractivity contribution in [2.75, 3.05) is 13.3 Å². The predicted octanol–water partition coefficient (Wildman–Crippen LogP) is 4.33. The summed E-state index contributed by atoms with van der Waals surface area (Å²) in [4.78, 5) is 38.5. The fourth-order valence-electron chi connectivity index (χ4n) is 5.05. The van der Waals surface area contributed by atoms with Crippen molar-refractivity contribution in [3.63, 3.8) is 0 Å². The number of allylic oxidation sites excluding steroid dienone is 1. The summed E-state index contributed by atoms with van der Waals surface area (Å²) in [6.45, 7) is 3.33. The summed E-state index contributed by atoms with van der Waals surface area (Å²) in [5.41, 5.74) is 0.658. The summed E-state index contributed by atoms with van der Waals surface area (Å²) >= 11 is 0. The second kappa shape index (κ2) is 13.5. The Kier molecular flexibility index (Phi) is 9.88. The van der Waals surface area contributed by atoms with Gasteiger partial charge >= 0.3 is 5.97 Å². The number of benzene rings is 2. The number of ether oxygens (including phenoxy) is 3. The van der Waals surface area contributed by atoms with E-state index in [0.717, 1.165) is 0 Å². The first-order valence-electron chi connectivity index (χ1n) is 14.0. The number of ketones is 1. The van der Waals surface area contributed by atoms with Gasteiger partial charge in [-0.2, -0.15) is 0 Å². The molecule has 0 bridgehead atoms. The minimum absolute atomic E-state index is 0.0143. The average molecular weight is 568 g/mol. The Morgan fingerprint density at radius 1 is 1.10 bits per heavy atom. The van der Waals surface area contributed by atoms with E-state index in [1.54, 1.807) is 44.2 Å². The van der Waals surface area contributed by atoms with Gasteiger partial charge in [0.2, 0.25) is 12.7 Å². The third kappa shape index (κ3) is 7.58. The van der Waals surface area contributed by atoms with Gasteiger partial charge in [0, 0.05) is 37.3 Å². The molecule has 3 atom stereocenters. The maximum atomic E-state index is 13.4. The molecule has 2 unspecified atom stereocenters. The van der Waals surface area contributed by atoms with Crippen molar-refractivity contribution in [3.05, 3.63) is 52.6 Å². The minimum atomic E-state index is -0.892. The van der Waals surface area contributed by atoms with Crippen molar-refractivity contribution in [3.8, 4) is 23.0 Å². The summed E-state index contributed by atoms with van der Waals surface area (Å²) < 4.78 is 16.6. The van der Waals surface area contributed by atoms with Crippen LogP contribution in [0.4, 0.5) is 0 Å². The number of hydrogen-bond acceptors (Lipinski definition) is 9. The number of phenolic OH excluding ortho intramolecular Hbond substituents is 2. The van der Waals surface area contributed by atoms with Crippen LogP contribution in [-0.2, 0) is 14.3 Å². The zero-order valence-corrected chi connectivity index (χ0v) is 23.4. The summed E-state index contributed by atoms with van der Waals surface area (Å²) in [6.07, 6.45) is 5.07. The molecule has 0 saturated carbocycles. The molecule has 0 fully saturated rings. The number of cyclic esters (lactones) is 1. The molecular formula is C31H37NO9. The molecule has 10 heteroatoms. The number of carbonyl (C=O) groups excluding carboxylic acids is 3. The first kappa shape index (κ1) is 29.9. The van der Waals surface area contributed by atoms with Crippen LogP contribution >= 0.6 is 0 Å². The van der Waals surface area contributed by atoms with Crippen molar-refractivity contribution in [1.29, 1.82) is 0 Å². The first-order valence-corrected chi connectivity index (χ1v) is 14.0. The number of aliphatic hydroxyl groups is 1. The van der Waals surface area contributed by atoms with E-state index in [2.05, 4.69) is 5.32 Å². The van der Waals surface area contributed by atoms with E-state index in [9.17, 15) is 29.7 Å². The van der Waals surface area contributed by atoms with Gasteiger partial charge in [-0.1, -0.05) is 18.2 Å². The number of rotatable bonds is 6. The van der Waals surface area contributed by atoms with Gasteiger partial charge in [0.15, 0.2) is 11.5 Å². The van der Waals surface area contributed by atoms with Gasteiger partial charge in [0.1, 0.15) is 22.8 Å². The molecule has 0 aromatic heterocycles. The van der Waals surface area contributed by atoms with Gasteiger partial charge in [-0.15, -0.1) is 0 Å². The largest absolute Gasteiger partial charge is 0.507 e. The Hall–Kier alpha value is -4.05. The lowest BCUT2D eigenvalue weighted by molar-refractivity contribution is -0.122. The summed E-state index contributed by atoms with van der Waals surface area (Å²) in [5.74, 6) is -1.76. The molecule has 10 nitrogen and oxygen atoms in total. The van der Waals surface area contributed by atoms with Crippen molar-refractivity contribution < 1.29 is 43.9 Å². The summed E-state index contributed by atoms with van der Waals surface area (Å²) in [6, 6.07) is 6.42. The summed E-state index contributed by atoms with van der Waals surface area (Å²) in [5, 5.41) is 35.1. The Morgan fingerprint density at radius 2 is 1.85 bits per heavy atom. The van der Waals surface area contributed by atoms with Crippen LogP contribution in [0.15, 0.2) is 30.3 Å². The van der Waals surface area contributed by atoms with Gasteiger partial charge in [-0.3, -0.25) is 9.59 Å². The van der Waals surface area contributed by atoms with Gasteiger partial charge < -0.3 is 34.8 Å². The van der Waals surface area contributed by atoms with Crippen molar-refractivity contribution in [2.24, 2.45) is 0 Å². The Morgan fingerprint density at radius 3 is 2.63 bits per heavy atom. The van der Waals surface area contributed by atoms with Crippen molar-refractivity contribution >= 4 is 23.7 Å². The number of aliphatic hydroxyl groups excluding tert-OH is 1. The highest BCUT2D eigenvalue weighted by Crippen LogP contribution is 2.46. The fraction of sp³-hybridized carbons (Fsp3) is 0.452. The number of esters is 1. The fourth-order valence-corrected chi connectivity index (χ4v) is 5.05. The van der Waals surface area contributed by atoms with Crippen LogP contribution in [-0.4, -0.2) is 58.5 Å². The van der Waals surface area contributed by atoms with E-state index >= 15 is 0 Å². The third-order valence-electron chi connectivity index (χ3n) is 7.18. The average Bonchev–Trinajstić information content (AvgIpc) is 3.38. The first-order chi connectivity index (χ1) is 19.6. The van der Waals surface area contributed by atoms with E-state index < -0.39 is 35.8 Å². The lowest BCUT2D eigenvalue weighted by Gasteiger charge is -2.23. The molecule has 2 aliphatic heterocycles. The van der Waals surface area contributed by atoms with Crippen molar-refractivity contribution in [1.82, 2.24) is 5.32 Å². The standard InChI is InChI=1S/C31H37NO9/c1-18(33)16-32-27(36)15-23(20-11-12-25-26(14-20)40-17-39-25)29-24(35)13-21-8-4-3-5-9-22(34)10-6-7-19(2)41-31(38)28(21)30(29)37/h4,8,11-14,18-19,23,33,35,37H,3,5-7,9-10,15-17H2,1-2H3,(H,32,36)/b8-4+/t18?,19-,23?/m0/s1. The van der Waals surface area contributed by atoms with Gasteiger partial charge in [-0.25, -0.2) is 4.79 Å². The molecule has 0 saturated heterocycles. The lowest BCUT2D eigenvalue weighted by Crippen LogP contribution is -2.31. The van der Waals surface area contributed by atoms with Crippen LogP contribution in [0.1, 0.15) is 91.8 Å². The number of aromatic hydroxyl groups is 2. The van der Waals surface area contributed by atoms with Crippen LogP contribution in [0.3, 0.4) is 0 Å². The van der Waals surface area contributed by atoms with Crippen LogP contribution in [0.25, 0.3) is 6.08 Å². The van der Waals surface area contributed by atoms with Crippen LogP contribution in [0, 0.1) is 0 Å². The monoisotopic (exact) mass is 567 g/mol. The maximum absolute atomic E-state index is 13.4. The summed E-state index contributed by atoms with van der Waals surface area (Å²) in [7, 11) is 0. The maximum Gasteiger partial charge on any atom is 0.342 e. The predicted molar refractivity (Wildman–Crippen MR) is 150 cm³/mol. The highest BCUT2D eigenvalue weighted by molar-refractivity contribution is 5.98. The van der Waals surface area contributed by atoms with Crippen LogP contribution < -0.4 is 14.8 Å². The zero-order chi connectivity index (χ0) is 29.5. The normalized spacial score (nSPS) is 19.8. The van der Waals surface area contributed by atoms with E-state index in [1.807, 2.05) is 0 Å². The van der Waals surface area contributed by atoms with E-state index in [4.69, 9.17) is 14.2 Å². The molecule has 0 spiro atoms. The molecule has 2 heterocycles. The van der Waals surface area contributed by atoms with E-state index in [-0.39, 0.29) is 48.0 Å². The molecule has 4 rings (SSSR count). The number of hydrogen-bond donors (Lipinski definition) is 4. The number of Topliss-reactive ketones (excluding diaryl/α,β-unsaturated/α-hetero) is 1. The minimum Gasteiger partial charge on any atom is -0.507 e. The van der Waals surface area contributed by atoms with E-state index in [1.165, 1.54) is 6.07 Å². The molecule has 41 heavy (non-hydrogen) atoms. The van der Waals surface area contributed by atoms with Crippen LogP contribution in [0.2, 0.25) is 0 Å². The quantitative estimate of drug-likeness (QED) is 0.374. The SMILES string of the molecule is CC(O)CNC(=O)CC(c1ccc2c(c1)OCO2)c1c(O)cc2c(c1O)C(=O)O[C@@H](C)CCCC(=O)CCC/C=C/2. The number of phenols is 2. The molecule has 2 aliphatic rings. The Balaban J connectivity index is 1.79. The molecule has 0 aliphatic carbocycles. The topological polar surface area (TPSA) is 152 Å². The van der Waals surface area contributed by atoms with Gasteiger partial charge in [-0.05, 0) is 68.9 Å². The highest BCUT2D eigenvalue weighted by Gasteiger charge is 2.31. The van der Waals surface area contributed by atoms with E-state index in [0.29, 0.717) is 55.6 Å².